The van der Waals surface area contributed by atoms with E-state index in [1.54, 1.807) is 0 Å². The summed E-state index contributed by atoms with van der Waals surface area (Å²) < 4.78 is 0. The maximum Gasteiger partial charge on any atom is -0.0363 e. The molecule has 0 N–H and O–H groups in total. The highest BCUT2D eigenvalue weighted by molar-refractivity contribution is 4.82. The van der Waals surface area contributed by atoms with Crippen molar-refractivity contribution in [1.82, 2.24) is 0 Å². The molecule has 1 rings (SSSR count). The van der Waals surface area contributed by atoms with E-state index in [0.29, 0.717) is 0 Å². The smallest absolute Gasteiger partial charge is 0.0363 e. The van der Waals surface area contributed by atoms with Crippen molar-refractivity contribution in [1.29, 1.82) is 0 Å². The predicted octanol–water partition coefficient (Wildman–Crippen LogP) is 4.10. The first-order valence-corrected chi connectivity index (χ1v) is 5.65. The van der Waals surface area contributed by atoms with Gasteiger partial charge >= 0.3 is 0 Å². The third kappa shape index (κ3) is 2.24. The number of hydrogen-bond acceptors (Lipinski definition) is 0. The standard InChI is InChI=1S/C12H24/c1-5-6-11-7-10(4)12(8-11)9(2)3/h9-12H,5-8H2,1-4H3. The molecule has 0 radical (unpaired) electrons. The highest BCUT2D eigenvalue weighted by Crippen LogP contribution is 2.41. The van der Waals surface area contributed by atoms with Crippen LogP contribution < -0.4 is 0 Å². The fourth-order valence-corrected chi connectivity index (χ4v) is 2.99. The van der Waals surface area contributed by atoms with Gasteiger partial charge < -0.3 is 0 Å². The average Bonchev–Trinajstić information content (AvgIpc) is 2.32. The molecule has 1 saturated carbocycles. The van der Waals surface area contributed by atoms with Crippen LogP contribution >= 0.6 is 0 Å². The molecule has 12 heavy (non-hydrogen) atoms. The summed E-state index contributed by atoms with van der Waals surface area (Å²) in [5.41, 5.74) is 0. The lowest BCUT2D eigenvalue weighted by atomic mass is 9.87. The van der Waals surface area contributed by atoms with E-state index in [-0.39, 0.29) is 0 Å². The molecular weight excluding hydrogens is 144 g/mol. The maximum absolute atomic E-state index is 2.44. The molecule has 1 fully saturated rings. The molecule has 0 heterocycles. The molecular formula is C12H24. The third-order valence-electron chi connectivity index (χ3n) is 3.59. The Morgan fingerprint density at radius 1 is 1.25 bits per heavy atom. The molecule has 3 atom stereocenters. The van der Waals surface area contributed by atoms with Gasteiger partial charge in [0.15, 0.2) is 0 Å². The summed E-state index contributed by atoms with van der Waals surface area (Å²) in [4.78, 5) is 0. The second-order valence-corrected chi connectivity index (χ2v) is 5.01. The molecule has 0 heteroatoms. The van der Waals surface area contributed by atoms with Crippen LogP contribution in [-0.4, -0.2) is 0 Å². The molecule has 0 amide bonds. The van der Waals surface area contributed by atoms with E-state index in [0.717, 1.165) is 23.7 Å². The van der Waals surface area contributed by atoms with Gasteiger partial charge in [-0.05, 0) is 36.5 Å². The van der Waals surface area contributed by atoms with Crippen molar-refractivity contribution in [2.45, 2.75) is 53.4 Å². The van der Waals surface area contributed by atoms with Crippen LogP contribution in [0, 0.1) is 23.7 Å². The first kappa shape index (κ1) is 10.1. The van der Waals surface area contributed by atoms with Gasteiger partial charge in [0, 0.05) is 0 Å². The van der Waals surface area contributed by atoms with Crippen LogP contribution in [0.2, 0.25) is 0 Å². The monoisotopic (exact) mass is 168 g/mol. The van der Waals surface area contributed by atoms with Gasteiger partial charge in [-0.3, -0.25) is 0 Å². The normalized spacial score (nSPS) is 36.2. The summed E-state index contributed by atoms with van der Waals surface area (Å²) in [6, 6.07) is 0. The van der Waals surface area contributed by atoms with Crippen molar-refractivity contribution in [2.75, 3.05) is 0 Å². The predicted molar refractivity (Wildman–Crippen MR) is 55.1 cm³/mol. The molecule has 72 valence electrons. The van der Waals surface area contributed by atoms with E-state index in [1.165, 1.54) is 25.7 Å². The van der Waals surface area contributed by atoms with Gasteiger partial charge in [-0.1, -0.05) is 40.5 Å². The minimum absolute atomic E-state index is 0.904. The third-order valence-corrected chi connectivity index (χ3v) is 3.59. The van der Waals surface area contributed by atoms with Crippen molar-refractivity contribution in [3.8, 4) is 0 Å². The zero-order valence-electron chi connectivity index (χ0n) is 9.14. The lowest BCUT2D eigenvalue weighted by Crippen LogP contribution is -2.10. The van der Waals surface area contributed by atoms with Gasteiger partial charge in [-0.15, -0.1) is 0 Å². The molecule has 1 aliphatic rings. The van der Waals surface area contributed by atoms with E-state index < -0.39 is 0 Å². The summed E-state index contributed by atoms with van der Waals surface area (Å²) in [7, 11) is 0. The highest BCUT2D eigenvalue weighted by atomic mass is 14.4. The van der Waals surface area contributed by atoms with Crippen LogP contribution in [0.15, 0.2) is 0 Å². The summed E-state index contributed by atoms with van der Waals surface area (Å²) in [5.74, 6) is 3.96. The van der Waals surface area contributed by atoms with E-state index in [9.17, 15) is 0 Å². The Labute approximate surface area is 77.7 Å². The van der Waals surface area contributed by atoms with Crippen molar-refractivity contribution in [2.24, 2.45) is 23.7 Å². The SMILES string of the molecule is CCCC1CC(C)C(C(C)C)C1. The zero-order valence-corrected chi connectivity index (χ0v) is 9.14. The molecule has 0 saturated heterocycles. The van der Waals surface area contributed by atoms with E-state index >= 15 is 0 Å². The van der Waals surface area contributed by atoms with Crippen LogP contribution in [0.5, 0.6) is 0 Å². The Morgan fingerprint density at radius 2 is 1.92 bits per heavy atom. The molecule has 1 aliphatic carbocycles. The van der Waals surface area contributed by atoms with Crippen molar-refractivity contribution in [3.05, 3.63) is 0 Å². The van der Waals surface area contributed by atoms with Gasteiger partial charge in [0.25, 0.3) is 0 Å². The highest BCUT2D eigenvalue weighted by Gasteiger charge is 2.32. The fraction of sp³-hybridized carbons (Fsp3) is 1.00. The van der Waals surface area contributed by atoms with Crippen LogP contribution in [-0.2, 0) is 0 Å². The molecule has 0 aromatic rings. The summed E-state index contributed by atoms with van der Waals surface area (Å²) >= 11 is 0. The van der Waals surface area contributed by atoms with Crippen molar-refractivity contribution >= 4 is 0 Å². The van der Waals surface area contributed by atoms with Gasteiger partial charge in [0.2, 0.25) is 0 Å². The molecule has 0 aromatic heterocycles. The zero-order chi connectivity index (χ0) is 9.14. The second-order valence-electron chi connectivity index (χ2n) is 5.01. The van der Waals surface area contributed by atoms with E-state index in [4.69, 9.17) is 0 Å². The second kappa shape index (κ2) is 4.30. The quantitative estimate of drug-likeness (QED) is 0.595. The van der Waals surface area contributed by atoms with E-state index in [1.807, 2.05) is 0 Å². The van der Waals surface area contributed by atoms with Gasteiger partial charge in [0.1, 0.15) is 0 Å². The number of hydrogen-bond donors (Lipinski definition) is 0. The van der Waals surface area contributed by atoms with Crippen LogP contribution in [0.25, 0.3) is 0 Å². The molecule has 0 spiro atoms. The Bertz CT molecular complexity index is 126. The lowest BCUT2D eigenvalue weighted by molar-refractivity contribution is 0.311. The van der Waals surface area contributed by atoms with Gasteiger partial charge in [0.05, 0.1) is 0 Å². The molecule has 0 nitrogen and oxygen atoms in total. The topological polar surface area (TPSA) is 0 Å². The first-order chi connectivity index (χ1) is 5.65. The molecule has 0 aromatic carbocycles. The number of rotatable bonds is 3. The largest absolute Gasteiger partial charge is 0.0654 e. The Balaban J connectivity index is 2.39. The van der Waals surface area contributed by atoms with Gasteiger partial charge in [-0.25, -0.2) is 0 Å². The van der Waals surface area contributed by atoms with Crippen LogP contribution in [0.3, 0.4) is 0 Å². The fourth-order valence-electron chi connectivity index (χ4n) is 2.99. The van der Waals surface area contributed by atoms with E-state index in [2.05, 4.69) is 27.7 Å². The van der Waals surface area contributed by atoms with Crippen LogP contribution in [0.1, 0.15) is 53.4 Å². The minimum Gasteiger partial charge on any atom is -0.0654 e. The van der Waals surface area contributed by atoms with Crippen LogP contribution in [0.4, 0.5) is 0 Å². The van der Waals surface area contributed by atoms with Crippen molar-refractivity contribution < 1.29 is 0 Å². The first-order valence-electron chi connectivity index (χ1n) is 5.65. The summed E-state index contributed by atoms with van der Waals surface area (Å²) in [6.07, 6.45) is 5.85. The summed E-state index contributed by atoms with van der Waals surface area (Å²) in [6.45, 7) is 9.53. The minimum atomic E-state index is 0.904. The molecule has 0 aliphatic heterocycles. The van der Waals surface area contributed by atoms with Crippen molar-refractivity contribution in [3.63, 3.8) is 0 Å². The average molecular weight is 168 g/mol. The Morgan fingerprint density at radius 3 is 2.33 bits per heavy atom. The maximum atomic E-state index is 2.44. The Kier molecular flexibility index (Phi) is 3.61. The summed E-state index contributed by atoms with van der Waals surface area (Å²) in [5, 5.41) is 0. The van der Waals surface area contributed by atoms with Gasteiger partial charge in [-0.2, -0.15) is 0 Å². The molecule has 0 bridgehead atoms. The Hall–Kier alpha value is 0. The lowest BCUT2D eigenvalue weighted by Gasteiger charge is -2.18. The molecule has 3 unspecified atom stereocenters.